The Hall–Kier alpha value is -3.23. The van der Waals surface area contributed by atoms with Crippen LogP contribution in [0.15, 0.2) is 54.6 Å². The van der Waals surface area contributed by atoms with Crippen molar-refractivity contribution in [1.29, 1.82) is 0 Å². The zero-order valence-electron chi connectivity index (χ0n) is 16.2. The van der Waals surface area contributed by atoms with Gasteiger partial charge in [0.05, 0.1) is 26.2 Å². The lowest BCUT2D eigenvalue weighted by Gasteiger charge is -2.35. The molecule has 1 aliphatic heterocycles. The van der Waals surface area contributed by atoms with Gasteiger partial charge in [0, 0.05) is 43.9 Å². The van der Waals surface area contributed by atoms with Gasteiger partial charge in [0.1, 0.15) is 0 Å². The molecule has 8 nitrogen and oxygen atoms in total. The van der Waals surface area contributed by atoms with Crippen LogP contribution < -0.4 is 4.90 Å². The molecule has 1 fully saturated rings. The monoisotopic (exact) mass is 457 g/mol. The quantitative estimate of drug-likeness (QED) is 0.427. The van der Waals surface area contributed by atoms with Crippen LogP contribution in [0.5, 0.6) is 0 Å². The second kappa shape index (κ2) is 8.87. The summed E-state index contributed by atoms with van der Waals surface area (Å²) in [6.07, 6.45) is 0. The SMILES string of the molecule is O=C(c1cc([N+](=O)[O-])ccc1Cl)N1CCN(c2ccc(-c3ccccc3Cl)nn2)CC1. The van der Waals surface area contributed by atoms with Crippen molar-refractivity contribution >= 4 is 40.6 Å². The first-order valence-electron chi connectivity index (χ1n) is 9.51. The van der Waals surface area contributed by atoms with Gasteiger partial charge in [-0.15, -0.1) is 10.2 Å². The van der Waals surface area contributed by atoms with Crippen LogP contribution in [0.1, 0.15) is 10.4 Å². The second-order valence-electron chi connectivity index (χ2n) is 6.96. The Bertz CT molecular complexity index is 1130. The van der Waals surface area contributed by atoms with Crippen LogP contribution in [0.2, 0.25) is 10.0 Å². The van der Waals surface area contributed by atoms with Gasteiger partial charge in [0.15, 0.2) is 5.82 Å². The van der Waals surface area contributed by atoms with Crippen molar-refractivity contribution in [2.75, 3.05) is 31.1 Å². The van der Waals surface area contributed by atoms with E-state index in [1.807, 2.05) is 35.2 Å². The molecule has 0 radical (unpaired) electrons. The predicted octanol–water partition coefficient (Wildman–Crippen LogP) is 4.32. The number of hydrogen-bond donors (Lipinski definition) is 0. The lowest BCUT2D eigenvalue weighted by atomic mass is 10.1. The number of anilines is 1. The maximum atomic E-state index is 12.8. The highest BCUT2D eigenvalue weighted by atomic mass is 35.5. The number of aromatic nitrogens is 2. The minimum absolute atomic E-state index is 0.133. The molecule has 0 saturated carbocycles. The summed E-state index contributed by atoms with van der Waals surface area (Å²) in [5.74, 6) is 0.379. The van der Waals surface area contributed by atoms with Crippen molar-refractivity contribution in [3.05, 3.63) is 80.3 Å². The molecule has 3 aromatic rings. The molecule has 1 saturated heterocycles. The van der Waals surface area contributed by atoms with Crippen molar-refractivity contribution in [3.8, 4) is 11.3 Å². The first-order valence-corrected chi connectivity index (χ1v) is 10.3. The number of rotatable bonds is 4. The molecule has 31 heavy (non-hydrogen) atoms. The molecule has 0 N–H and O–H groups in total. The van der Waals surface area contributed by atoms with Gasteiger partial charge in [0.2, 0.25) is 0 Å². The van der Waals surface area contributed by atoms with E-state index in [-0.39, 0.29) is 22.2 Å². The van der Waals surface area contributed by atoms with Crippen molar-refractivity contribution in [2.45, 2.75) is 0 Å². The molecule has 0 bridgehead atoms. The molecule has 0 atom stereocenters. The molecule has 2 heterocycles. The number of nitrogens with zero attached hydrogens (tertiary/aromatic N) is 5. The number of halogens is 2. The second-order valence-corrected chi connectivity index (χ2v) is 7.77. The fraction of sp³-hybridized carbons (Fsp3) is 0.190. The van der Waals surface area contributed by atoms with E-state index >= 15 is 0 Å². The minimum atomic E-state index is -0.546. The zero-order valence-corrected chi connectivity index (χ0v) is 17.8. The van der Waals surface area contributed by atoms with Gasteiger partial charge >= 0.3 is 0 Å². The van der Waals surface area contributed by atoms with Crippen LogP contribution in [0, 0.1) is 10.1 Å². The summed E-state index contributed by atoms with van der Waals surface area (Å²) in [4.78, 5) is 27.0. The highest BCUT2D eigenvalue weighted by Crippen LogP contribution is 2.27. The lowest BCUT2D eigenvalue weighted by molar-refractivity contribution is -0.384. The molecule has 4 rings (SSSR count). The summed E-state index contributed by atoms with van der Waals surface area (Å²) in [7, 11) is 0. The largest absolute Gasteiger partial charge is 0.352 e. The molecule has 2 aromatic carbocycles. The maximum Gasteiger partial charge on any atom is 0.270 e. The van der Waals surface area contributed by atoms with Crippen LogP contribution in [0.4, 0.5) is 11.5 Å². The summed E-state index contributed by atoms with van der Waals surface area (Å²) in [5, 5.41) is 20.4. The Kier molecular flexibility index (Phi) is 6.01. The molecular weight excluding hydrogens is 441 g/mol. The third-order valence-corrected chi connectivity index (χ3v) is 5.74. The van der Waals surface area contributed by atoms with Gasteiger partial charge in [-0.05, 0) is 24.3 Å². The van der Waals surface area contributed by atoms with Gasteiger partial charge in [-0.2, -0.15) is 0 Å². The molecule has 1 amide bonds. The summed E-state index contributed by atoms with van der Waals surface area (Å²) in [6, 6.07) is 15.0. The van der Waals surface area contributed by atoms with E-state index in [0.29, 0.717) is 42.7 Å². The molecule has 0 unspecified atom stereocenters. The Morgan fingerprint density at radius 3 is 2.32 bits per heavy atom. The van der Waals surface area contributed by atoms with Crippen LogP contribution in [0.3, 0.4) is 0 Å². The van der Waals surface area contributed by atoms with Gasteiger partial charge in [-0.1, -0.05) is 41.4 Å². The Morgan fingerprint density at radius 2 is 1.68 bits per heavy atom. The average Bonchev–Trinajstić information content (AvgIpc) is 2.79. The molecule has 0 spiro atoms. The Morgan fingerprint density at radius 1 is 0.935 bits per heavy atom. The van der Waals surface area contributed by atoms with E-state index in [1.54, 1.807) is 11.0 Å². The summed E-state index contributed by atoms with van der Waals surface area (Å²) < 4.78 is 0. The Labute approximate surface area is 188 Å². The van der Waals surface area contributed by atoms with E-state index in [9.17, 15) is 14.9 Å². The number of carbonyl (C=O) groups excluding carboxylic acids is 1. The van der Waals surface area contributed by atoms with Crippen molar-refractivity contribution in [2.24, 2.45) is 0 Å². The topological polar surface area (TPSA) is 92.5 Å². The van der Waals surface area contributed by atoms with Crippen molar-refractivity contribution in [3.63, 3.8) is 0 Å². The first-order chi connectivity index (χ1) is 14.9. The highest BCUT2D eigenvalue weighted by Gasteiger charge is 2.26. The molecule has 1 aliphatic rings. The van der Waals surface area contributed by atoms with Crippen LogP contribution in [-0.2, 0) is 0 Å². The van der Waals surface area contributed by atoms with E-state index in [2.05, 4.69) is 10.2 Å². The van der Waals surface area contributed by atoms with Gasteiger partial charge in [0.25, 0.3) is 11.6 Å². The molecule has 158 valence electrons. The van der Waals surface area contributed by atoms with Gasteiger partial charge in [-0.25, -0.2) is 0 Å². The smallest absolute Gasteiger partial charge is 0.270 e. The first kappa shape index (κ1) is 21.0. The molecule has 1 aromatic heterocycles. The fourth-order valence-electron chi connectivity index (χ4n) is 3.41. The molecule has 0 aliphatic carbocycles. The number of nitro benzene ring substituents is 1. The maximum absolute atomic E-state index is 12.8. The van der Waals surface area contributed by atoms with Gasteiger partial charge < -0.3 is 9.80 Å². The number of nitro groups is 1. The van der Waals surface area contributed by atoms with Gasteiger partial charge in [-0.3, -0.25) is 14.9 Å². The van der Waals surface area contributed by atoms with Crippen LogP contribution in [0.25, 0.3) is 11.3 Å². The third kappa shape index (κ3) is 4.45. The van der Waals surface area contributed by atoms with E-state index in [0.717, 1.165) is 5.56 Å². The highest BCUT2D eigenvalue weighted by molar-refractivity contribution is 6.34. The number of carbonyl (C=O) groups is 1. The lowest BCUT2D eigenvalue weighted by Crippen LogP contribution is -2.49. The van der Waals surface area contributed by atoms with Crippen LogP contribution >= 0.6 is 23.2 Å². The van der Waals surface area contributed by atoms with Crippen molar-refractivity contribution < 1.29 is 9.72 Å². The summed E-state index contributed by atoms with van der Waals surface area (Å²) in [6.45, 7) is 1.98. The minimum Gasteiger partial charge on any atom is -0.352 e. The fourth-order valence-corrected chi connectivity index (χ4v) is 3.84. The summed E-state index contributed by atoms with van der Waals surface area (Å²) in [5.41, 5.74) is 1.46. The van der Waals surface area contributed by atoms with E-state index in [4.69, 9.17) is 23.2 Å². The normalized spacial score (nSPS) is 13.9. The number of hydrogen-bond acceptors (Lipinski definition) is 6. The number of amides is 1. The molecular formula is C21H17Cl2N5O3. The predicted molar refractivity (Wildman–Crippen MR) is 119 cm³/mol. The Balaban J connectivity index is 1.43. The van der Waals surface area contributed by atoms with E-state index in [1.165, 1.54) is 18.2 Å². The van der Waals surface area contributed by atoms with Crippen molar-refractivity contribution in [1.82, 2.24) is 15.1 Å². The number of piperazine rings is 1. The number of benzene rings is 2. The average molecular weight is 458 g/mol. The molecule has 10 heteroatoms. The summed E-state index contributed by atoms with van der Waals surface area (Å²) >= 11 is 12.3. The zero-order chi connectivity index (χ0) is 22.0. The standard InChI is InChI=1S/C21H17Cl2N5O3/c22-17-4-2-1-3-15(17)19-7-8-20(25-24-19)26-9-11-27(12-10-26)21(29)16-13-14(28(30)31)5-6-18(16)23/h1-8,13H,9-12H2. The number of non-ortho nitro benzene ring substituents is 1. The third-order valence-electron chi connectivity index (χ3n) is 5.08. The van der Waals surface area contributed by atoms with Crippen LogP contribution in [-0.4, -0.2) is 52.1 Å². The van der Waals surface area contributed by atoms with E-state index < -0.39 is 4.92 Å².